The number of hydrogen-bond donors (Lipinski definition) is 0. The minimum absolute atomic E-state index is 0.0985. The second kappa shape index (κ2) is 2.75. The number of carbonyl (C=O) groups excluding carboxylic acids is 1. The normalized spacial score (nSPS) is 24.5. The van der Waals surface area contributed by atoms with Crippen molar-refractivity contribution in [3.8, 4) is 0 Å². The summed E-state index contributed by atoms with van der Waals surface area (Å²) in [6.45, 7) is 0. The smallest absolute Gasteiger partial charge is 0.264 e. The molecule has 0 saturated carbocycles. The fraction of sp³-hybridized carbons (Fsp3) is 0.500. The van der Waals surface area contributed by atoms with Crippen LogP contribution in [0, 0.1) is 0 Å². The zero-order chi connectivity index (χ0) is 8.48. The van der Waals surface area contributed by atoms with E-state index in [1.54, 1.807) is 0 Å². The summed E-state index contributed by atoms with van der Waals surface area (Å²) < 4.78 is 25.6. The van der Waals surface area contributed by atoms with Crippen LogP contribution in [-0.4, -0.2) is 26.6 Å². The predicted molar refractivity (Wildman–Crippen MR) is 38.5 cm³/mol. The number of rotatable bonds is 2. The highest BCUT2D eigenvalue weighted by Gasteiger charge is 2.20. The quantitative estimate of drug-likeness (QED) is 0.549. The monoisotopic (exact) mass is 176 g/mol. The summed E-state index contributed by atoms with van der Waals surface area (Å²) >= 11 is 0. The molecule has 0 heterocycles. The van der Waals surface area contributed by atoms with Gasteiger partial charge in [0.25, 0.3) is 10.1 Å². The van der Waals surface area contributed by atoms with Gasteiger partial charge in [0.1, 0.15) is 6.10 Å². The Morgan fingerprint density at radius 3 is 2.64 bits per heavy atom. The van der Waals surface area contributed by atoms with Crippen LogP contribution >= 0.6 is 0 Å². The lowest BCUT2D eigenvalue weighted by atomic mass is 10.3. The molecule has 0 spiro atoms. The van der Waals surface area contributed by atoms with Crippen molar-refractivity contribution in [3.63, 3.8) is 0 Å². The third-order valence-corrected chi connectivity index (χ3v) is 1.79. The van der Waals surface area contributed by atoms with Gasteiger partial charge in [0.2, 0.25) is 0 Å². The van der Waals surface area contributed by atoms with Crippen molar-refractivity contribution in [1.29, 1.82) is 0 Å². The summed E-state index contributed by atoms with van der Waals surface area (Å²) in [5.74, 6) is -0.0985. The zero-order valence-corrected chi connectivity index (χ0v) is 6.80. The number of carbonyl (C=O) groups is 1. The first-order valence-electron chi connectivity index (χ1n) is 3.07. The summed E-state index contributed by atoms with van der Waals surface area (Å²) in [6, 6.07) is 0. The molecule has 0 fully saturated rings. The Morgan fingerprint density at radius 2 is 2.27 bits per heavy atom. The number of hydrogen-bond acceptors (Lipinski definition) is 4. The van der Waals surface area contributed by atoms with Crippen molar-refractivity contribution in [1.82, 2.24) is 0 Å². The summed E-state index contributed by atoms with van der Waals surface area (Å²) in [5, 5.41) is 0. The van der Waals surface area contributed by atoms with Crippen molar-refractivity contribution < 1.29 is 17.4 Å². The van der Waals surface area contributed by atoms with Crippen LogP contribution in [0.25, 0.3) is 0 Å². The molecule has 0 bridgehead atoms. The van der Waals surface area contributed by atoms with Gasteiger partial charge in [-0.3, -0.25) is 8.98 Å². The number of allylic oxidation sites excluding steroid dienone is 1. The van der Waals surface area contributed by atoms with E-state index < -0.39 is 16.2 Å². The van der Waals surface area contributed by atoms with E-state index in [2.05, 4.69) is 4.18 Å². The predicted octanol–water partition coefficient (Wildman–Crippen LogP) is -0.140. The Bertz CT molecular complexity index is 288. The highest BCUT2D eigenvalue weighted by Crippen LogP contribution is 2.11. The van der Waals surface area contributed by atoms with E-state index in [1.807, 2.05) is 0 Å². The van der Waals surface area contributed by atoms with E-state index in [9.17, 15) is 13.2 Å². The molecule has 4 nitrogen and oxygen atoms in total. The average Bonchev–Trinajstić information content (AvgIpc) is 2.10. The van der Waals surface area contributed by atoms with Crippen molar-refractivity contribution in [2.24, 2.45) is 0 Å². The van der Waals surface area contributed by atoms with Crippen molar-refractivity contribution >= 4 is 15.9 Å². The first kappa shape index (κ1) is 8.42. The van der Waals surface area contributed by atoms with E-state index in [0.29, 0.717) is 0 Å². The average molecular weight is 176 g/mol. The lowest BCUT2D eigenvalue weighted by Crippen LogP contribution is -2.13. The van der Waals surface area contributed by atoms with Gasteiger partial charge in [-0.25, -0.2) is 0 Å². The van der Waals surface area contributed by atoms with Crippen LogP contribution in [0.1, 0.15) is 6.42 Å². The van der Waals surface area contributed by atoms with Crippen LogP contribution in [0.2, 0.25) is 0 Å². The molecule has 0 aromatic heterocycles. The van der Waals surface area contributed by atoms with Gasteiger partial charge in [0, 0.05) is 6.42 Å². The second-order valence-electron chi connectivity index (χ2n) is 2.37. The largest absolute Gasteiger partial charge is 0.295 e. The van der Waals surface area contributed by atoms with E-state index in [1.165, 1.54) is 12.2 Å². The summed E-state index contributed by atoms with van der Waals surface area (Å²) in [7, 11) is -3.43. The minimum atomic E-state index is -3.43. The second-order valence-corrected chi connectivity index (χ2v) is 3.97. The summed E-state index contributed by atoms with van der Waals surface area (Å²) in [6.07, 6.45) is 3.29. The van der Waals surface area contributed by atoms with Crippen molar-refractivity contribution in [3.05, 3.63) is 12.2 Å². The van der Waals surface area contributed by atoms with Gasteiger partial charge in [0.05, 0.1) is 6.26 Å². The number of ketones is 1. The molecule has 0 radical (unpaired) electrons. The van der Waals surface area contributed by atoms with Gasteiger partial charge < -0.3 is 0 Å². The van der Waals surface area contributed by atoms with Crippen molar-refractivity contribution in [2.45, 2.75) is 12.5 Å². The van der Waals surface area contributed by atoms with Crippen LogP contribution in [0.15, 0.2) is 12.2 Å². The van der Waals surface area contributed by atoms with Gasteiger partial charge in [0.15, 0.2) is 5.78 Å². The highest BCUT2D eigenvalue weighted by molar-refractivity contribution is 7.86. The van der Waals surface area contributed by atoms with Crippen LogP contribution in [0.3, 0.4) is 0 Å². The first-order valence-corrected chi connectivity index (χ1v) is 4.88. The topological polar surface area (TPSA) is 60.4 Å². The molecule has 62 valence electrons. The molecule has 1 atom stereocenters. The molecule has 0 amide bonds. The first-order chi connectivity index (χ1) is 4.97. The molecule has 0 saturated heterocycles. The van der Waals surface area contributed by atoms with E-state index in [0.717, 1.165) is 6.26 Å². The van der Waals surface area contributed by atoms with Crippen LogP contribution < -0.4 is 0 Å². The molecule has 1 unspecified atom stereocenters. The van der Waals surface area contributed by atoms with Crippen LogP contribution in [0.5, 0.6) is 0 Å². The third kappa shape index (κ3) is 2.81. The molecule has 0 N–H and O–H groups in total. The van der Waals surface area contributed by atoms with E-state index in [4.69, 9.17) is 0 Å². The van der Waals surface area contributed by atoms with Crippen LogP contribution in [-0.2, 0) is 19.1 Å². The lowest BCUT2D eigenvalue weighted by molar-refractivity contribution is -0.114. The standard InChI is InChI=1S/C6H8O4S/c1-11(8,9)10-6-3-2-5(7)4-6/h2-3,6H,4H2,1H3. The molecular weight excluding hydrogens is 168 g/mol. The Labute approximate surface area is 65.0 Å². The molecule has 1 aliphatic rings. The highest BCUT2D eigenvalue weighted by atomic mass is 32.2. The molecule has 5 heteroatoms. The fourth-order valence-corrected chi connectivity index (χ4v) is 1.42. The van der Waals surface area contributed by atoms with Gasteiger partial charge in [-0.05, 0) is 6.08 Å². The SMILES string of the molecule is CS(=O)(=O)OC1C=CC(=O)C1. The van der Waals surface area contributed by atoms with Gasteiger partial charge in [-0.2, -0.15) is 8.42 Å². The Morgan fingerprint density at radius 1 is 1.64 bits per heavy atom. The summed E-state index contributed by atoms with van der Waals surface area (Å²) in [4.78, 5) is 10.6. The molecule has 1 aliphatic carbocycles. The maximum atomic E-state index is 10.6. The van der Waals surface area contributed by atoms with E-state index in [-0.39, 0.29) is 12.2 Å². The lowest BCUT2D eigenvalue weighted by Gasteiger charge is -2.04. The maximum Gasteiger partial charge on any atom is 0.264 e. The molecule has 1 rings (SSSR count). The third-order valence-electron chi connectivity index (χ3n) is 1.20. The van der Waals surface area contributed by atoms with E-state index >= 15 is 0 Å². The zero-order valence-electron chi connectivity index (χ0n) is 5.98. The Balaban J connectivity index is 2.55. The molecule has 0 aromatic rings. The molecular formula is C6H8O4S. The minimum Gasteiger partial charge on any atom is -0.295 e. The fourth-order valence-electron chi connectivity index (χ4n) is 0.840. The Hall–Kier alpha value is -0.680. The van der Waals surface area contributed by atoms with Gasteiger partial charge in [-0.15, -0.1) is 0 Å². The van der Waals surface area contributed by atoms with Gasteiger partial charge in [-0.1, -0.05) is 6.08 Å². The van der Waals surface area contributed by atoms with Crippen LogP contribution in [0.4, 0.5) is 0 Å². The summed E-state index contributed by atoms with van der Waals surface area (Å²) in [5.41, 5.74) is 0. The molecule has 0 aromatic carbocycles. The Kier molecular flexibility index (Phi) is 2.10. The van der Waals surface area contributed by atoms with Crippen molar-refractivity contribution in [2.75, 3.05) is 6.26 Å². The molecule has 0 aliphatic heterocycles. The maximum absolute atomic E-state index is 10.6. The van der Waals surface area contributed by atoms with Gasteiger partial charge >= 0.3 is 0 Å². The molecule has 11 heavy (non-hydrogen) atoms.